The number of amides is 2. The van der Waals surface area contributed by atoms with Gasteiger partial charge in [0.25, 0.3) is 0 Å². The molecule has 4 heteroatoms. The number of ketones is 1. The third-order valence-corrected chi connectivity index (χ3v) is 5.87. The van der Waals surface area contributed by atoms with Crippen LogP contribution in [0.25, 0.3) is 0 Å². The number of carbonyl (C=O) groups excluding carboxylic acids is 2. The molecule has 0 fully saturated rings. The number of urea groups is 1. The minimum atomic E-state index is -0.184. The molecule has 1 rings (SSSR count). The summed E-state index contributed by atoms with van der Waals surface area (Å²) < 4.78 is 0. The molecule has 0 saturated heterocycles. The molecular weight excluding hydrogens is 384 g/mol. The minimum Gasteiger partial charge on any atom is -0.338 e. The van der Waals surface area contributed by atoms with E-state index < -0.39 is 0 Å². The van der Waals surface area contributed by atoms with E-state index in [9.17, 15) is 9.59 Å². The van der Waals surface area contributed by atoms with Crippen molar-refractivity contribution >= 4 is 17.5 Å². The second-order valence-corrected chi connectivity index (χ2v) is 8.82. The molecule has 0 radical (unpaired) electrons. The molecule has 0 aromatic heterocycles. The average molecular weight is 431 g/mol. The van der Waals surface area contributed by atoms with E-state index in [1.165, 1.54) is 103 Å². The predicted octanol–water partition coefficient (Wildman–Crippen LogP) is 8.27. The van der Waals surface area contributed by atoms with Crippen molar-refractivity contribution in [2.45, 2.75) is 117 Å². The SMILES string of the molecule is CCCCCCCCCCCCCCCCCCNC(=O)Nc1ccc(C(C)=O)cc1. The number of hydrogen-bond donors (Lipinski definition) is 2. The Morgan fingerprint density at radius 1 is 0.645 bits per heavy atom. The molecule has 1 aromatic rings. The summed E-state index contributed by atoms with van der Waals surface area (Å²) in [7, 11) is 0. The van der Waals surface area contributed by atoms with Gasteiger partial charge in [-0.2, -0.15) is 0 Å². The number of rotatable bonds is 19. The van der Waals surface area contributed by atoms with Gasteiger partial charge in [-0.3, -0.25) is 4.79 Å². The lowest BCUT2D eigenvalue weighted by Gasteiger charge is -2.08. The molecule has 2 N–H and O–H groups in total. The van der Waals surface area contributed by atoms with Crippen LogP contribution in [-0.4, -0.2) is 18.4 Å². The molecule has 0 heterocycles. The monoisotopic (exact) mass is 430 g/mol. The Kier molecular flexibility index (Phi) is 16.6. The van der Waals surface area contributed by atoms with Gasteiger partial charge in [0.15, 0.2) is 5.78 Å². The molecule has 0 bridgehead atoms. The van der Waals surface area contributed by atoms with Gasteiger partial charge in [0, 0.05) is 17.8 Å². The number of anilines is 1. The molecule has 1 aromatic carbocycles. The van der Waals surface area contributed by atoms with Gasteiger partial charge in [-0.1, -0.05) is 103 Å². The molecule has 0 spiro atoms. The summed E-state index contributed by atoms with van der Waals surface area (Å²) in [5.41, 5.74) is 1.36. The molecule has 0 unspecified atom stereocenters. The standard InChI is InChI=1S/C27H46N2O2/c1-3-4-5-6-7-8-9-10-11-12-13-14-15-16-17-18-23-28-27(31)29-26-21-19-25(20-22-26)24(2)30/h19-22H,3-18,23H2,1-2H3,(H2,28,29,31). The molecule has 0 aliphatic heterocycles. The van der Waals surface area contributed by atoms with Crippen molar-refractivity contribution < 1.29 is 9.59 Å². The first-order valence-electron chi connectivity index (χ1n) is 12.8. The Balaban J connectivity index is 1.84. The van der Waals surface area contributed by atoms with Crippen LogP contribution in [0.3, 0.4) is 0 Å². The normalized spacial score (nSPS) is 10.8. The lowest BCUT2D eigenvalue weighted by molar-refractivity contribution is 0.101. The van der Waals surface area contributed by atoms with E-state index in [0.717, 1.165) is 6.42 Å². The molecular formula is C27H46N2O2. The summed E-state index contributed by atoms with van der Waals surface area (Å²) >= 11 is 0. The van der Waals surface area contributed by atoms with Crippen molar-refractivity contribution in [3.8, 4) is 0 Å². The summed E-state index contributed by atoms with van der Waals surface area (Å²) in [6.45, 7) is 4.52. The highest BCUT2D eigenvalue weighted by atomic mass is 16.2. The van der Waals surface area contributed by atoms with Gasteiger partial charge < -0.3 is 10.6 Å². The number of carbonyl (C=O) groups is 2. The predicted molar refractivity (Wildman–Crippen MR) is 133 cm³/mol. The van der Waals surface area contributed by atoms with E-state index in [1.54, 1.807) is 24.3 Å². The molecule has 0 aliphatic rings. The molecule has 176 valence electrons. The van der Waals surface area contributed by atoms with Crippen molar-refractivity contribution in [2.24, 2.45) is 0 Å². The third kappa shape index (κ3) is 15.6. The average Bonchev–Trinajstić information content (AvgIpc) is 2.76. The fourth-order valence-corrected chi connectivity index (χ4v) is 3.84. The minimum absolute atomic E-state index is 0.0273. The molecule has 0 aliphatic carbocycles. The highest BCUT2D eigenvalue weighted by molar-refractivity contribution is 5.95. The fourth-order valence-electron chi connectivity index (χ4n) is 3.84. The van der Waals surface area contributed by atoms with Crippen molar-refractivity contribution in [3.63, 3.8) is 0 Å². The second-order valence-electron chi connectivity index (χ2n) is 8.82. The Morgan fingerprint density at radius 2 is 1.06 bits per heavy atom. The van der Waals surface area contributed by atoms with Crippen LogP contribution < -0.4 is 10.6 Å². The summed E-state index contributed by atoms with van der Waals surface area (Å²) in [5.74, 6) is 0.0273. The fraction of sp³-hybridized carbons (Fsp3) is 0.704. The molecule has 0 atom stereocenters. The smallest absolute Gasteiger partial charge is 0.319 e. The first kappa shape index (κ1) is 27.2. The maximum Gasteiger partial charge on any atom is 0.319 e. The van der Waals surface area contributed by atoms with E-state index in [4.69, 9.17) is 0 Å². The first-order chi connectivity index (χ1) is 15.1. The summed E-state index contributed by atoms with van der Waals surface area (Å²) in [6, 6.07) is 6.79. The molecule has 0 saturated carbocycles. The van der Waals surface area contributed by atoms with Crippen LogP contribution in [-0.2, 0) is 0 Å². The topological polar surface area (TPSA) is 58.2 Å². The highest BCUT2D eigenvalue weighted by Gasteiger charge is 2.03. The van der Waals surface area contributed by atoms with Crippen LogP contribution in [0.5, 0.6) is 0 Å². The van der Waals surface area contributed by atoms with Crippen LogP contribution in [0.1, 0.15) is 127 Å². The Hall–Kier alpha value is -1.84. The van der Waals surface area contributed by atoms with Crippen molar-refractivity contribution in [1.29, 1.82) is 0 Å². The Morgan fingerprint density at radius 3 is 1.48 bits per heavy atom. The van der Waals surface area contributed by atoms with Crippen molar-refractivity contribution in [3.05, 3.63) is 29.8 Å². The summed E-state index contributed by atoms with van der Waals surface area (Å²) in [6.07, 6.45) is 21.6. The van der Waals surface area contributed by atoms with Crippen LogP contribution in [0.15, 0.2) is 24.3 Å². The number of benzene rings is 1. The van der Waals surface area contributed by atoms with Crippen LogP contribution >= 0.6 is 0 Å². The number of unbranched alkanes of at least 4 members (excludes halogenated alkanes) is 15. The second kappa shape index (κ2) is 18.9. The van der Waals surface area contributed by atoms with Gasteiger partial charge in [0.1, 0.15) is 0 Å². The van der Waals surface area contributed by atoms with Gasteiger partial charge in [0.05, 0.1) is 0 Å². The highest BCUT2D eigenvalue weighted by Crippen LogP contribution is 2.14. The summed E-state index contributed by atoms with van der Waals surface area (Å²) in [4.78, 5) is 23.2. The Labute approximate surface area is 191 Å². The zero-order valence-electron chi connectivity index (χ0n) is 20.1. The maximum absolute atomic E-state index is 11.9. The number of Topliss-reactive ketones (excluding diaryl/α,β-unsaturated/α-hetero) is 1. The van der Waals surface area contributed by atoms with Gasteiger partial charge >= 0.3 is 6.03 Å². The molecule has 2 amide bonds. The van der Waals surface area contributed by atoms with Crippen molar-refractivity contribution in [1.82, 2.24) is 5.32 Å². The van der Waals surface area contributed by atoms with Crippen LogP contribution in [0.2, 0.25) is 0 Å². The quantitative estimate of drug-likeness (QED) is 0.171. The van der Waals surface area contributed by atoms with Crippen LogP contribution in [0.4, 0.5) is 10.5 Å². The third-order valence-electron chi connectivity index (χ3n) is 5.87. The maximum atomic E-state index is 11.9. The largest absolute Gasteiger partial charge is 0.338 e. The van der Waals surface area contributed by atoms with Crippen LogP contribution in [0, 0.1) is 0 Å². The number of hydrogen-bond acceptors (Lipinski definition) is 2. The lowest BCUT2D eigenvalue weighted by Crippen LogP contribution is -2.29. The van der Waals surface area contributed by atoms with Gasteiger partial charge in [-0.05, 0) is 37.6 Å². The van der Waals surface area contributed by atoms with E-state index in [2.05, 4.69) is 17.6 Å². The zero-order valence-corrected chi connectivity index (χ0v) is 20.1. The summed E-state index contributed by atoms with van der Waals surface area (Å²) in [5, 5.41) is 5.70. The molecule has 31 heavy (non-hydrogen) atoms. The van der Waals surface area contributed by atoms with Gasteiger partial charge in [0.2, 0.25) is 0 Å². The van der Waals surface area contributed by atoms with Crippen molar-refractivity contribution in [2.75, 3.05) is 11.9 Å². The Bertz CT molecular complexity index is 583. The van der Waals surface area contributed by atoms with E-state index in [-0.39, 0.29) is 11.8 Å². The van der Waals surface area contributed by atoms with E-state index in [0.29, 0.717) is 17.8 Å². The van der Waals surface area contributed by atoms with Gasteiger partial charge in [-0.15, -0.1) is 0 Å². The first-order valence-corrected chi connectivity index (χ1v) is 12.8. The van der Waals surface area contributed by atoms with Gasteiger partial charge in [-0.25, -0.2) is 4.79 Å². The van der Waals surface area contributed by atoms with E-state index >= 15 is 0 Å². The number of nitrogens with one attached hydrogen (secondary N) is 2. The zero-order chi connectivity index (χ0) is 22.6. The van der Waals surface area contributed by atoms with E-state index in [1.807, 2.05) is 0 Å². The molecule has 4 nitrogen and oxygen atoms in total. The lowest BCUT2D eigenvalue weighted by atomic mass is 10.0.